The van der Waals surface area contributed by atoms with Crippen molar-refractivity contribution in [1.82, 2.24) is 5.32 Å². The first-order valence-corrected chi connectivity index (χ1v) is 9.92. The first kappa shape index (κ1) is 20.0. The zero-order valence-corrected chi connectivity index (χ0v) is 16.4. The van der Waals surface area contributed by atoms with Crippen LogP contribution in [-0.2, 0) is 19.1 Å². The molecule has 2 aliphatic rings. The van der Waals surface area contributed by atoms with Crippen LogP contribution in [0.25, 0.3) is 0 Å². The van der Waals surface area contributed by atoms with E-state index in [4.69, 9.17) is 4.74 Å². The predicted molar refractivity (Wildman–Crippen MR) is 106 cm³/mol. The van der Waals surface area contributed by atoms with Crippen LogP contribution in [0.1, 0.15) is 52.4 Å². The molecule has 1 saturated carbocycles. The van der Waals surface area contributed by atoms with Crippen LogP contribution in [0.15, 0.2) is 35.4 Å². The smallest absolute Gasteiger partial charge is 0.355 e. The van der Waals surface area contributed by atoms with Crippen LogP contribution in [0.3, 0.4) is 0 Å². The lowest BCUT2D eigenvalue weighted by Crippen LogP contribution is -2.46. The molecule has 0 unspecified atom stereocenters. The van der Waals surface area contributed by atoms with Gasteiger partial charge < -0.3 is 10.1 Å². The van der Waals surface area contributed by atoms with Crippen LogP contribution in [-0.4, -0.2) is 35.6 Å². The normalized spacial score (nSPS) is 23.6. The number of anilines is 1. The van der Waals surface area contributed by atoms with Gasteiger partial charge >= 0.3 is 5.97 Å². The third-order valence-electron chi connectivity index (χ3n) is 5.36. The minimum Gasteiger partial charge on any atom is -0.448 e. The van der Waals surface area contributed by atoms with E-state index in [9.17, 15) is 14.4 Å². The Hall–Kier alpha value is -2.70. The predicted octanol–water partition coefficient (Wildman–Crippen LogP) is 2.80. The van der Waals surface area contributed by atoms with Gasteiger partial charge in [0, 0.05) is 18.9 Å². The lowest BCUT2D eigenvalue weighted by atomic mass is 9.86. The Labute approximate surface area is 165 Å². The Morgan fingerprint density at radius 2 is 1.89 bits per heavy atom. The Morgan fingerprint density at radius 3 is 2.61 bits per heavy atom. The summed E-state index contributed by atoms with van der Waals surface area (Å²) in [7, 11) is 0. The highest BCUT2D eigenvalue weighted by atomic mass is 16.5. The molecule has 3 atom stereocenters. The number of para-hydroxylation sites is 1. The van der Waals surface area contributed by atoms with Gasteiger partial charge in [0.25, 0.3) is 5.91 Å². The summed E-state index contributed by atoms with van der Waals surface area (Å²) in [5.74, 6) is -0.708. The van der Waals surface area contributed by atoms with Gasteiger partial charge in [0.15, 0.2) is 6.10 Å². The molecule has 7 nitrogen and oxygen atoms in total. The largest absolute Gasteiger partial charge is 0.448 e. The maximum absolute atomic E-state index is 12.5. The molecule has 7 heteroatoms. The maximum atomic E-state index is 12.5. The van der Waals surface area contributed by atoms with Gasteiger partial charge in [-0.2, -0.15) is 5.10 Å². The Balaban J connectivity index is 1.61. The van der Waals surface area contributed by atoms with Crippen molar-refractivity contribution in [2.45, 2.75) is 64.5 Å². The van der Waals surface area contributed by atoms with E-state index in [-0.39, 0.29) is 36.4 Å². The molecule has 1 heterocycles. The van der Waals surface area contributed by atoms with Crippen molar-refractivity contribution in [3.8, 4) is 0 Å². The minimum absolute atomic E-state index is 0.126. The molecule has 2 amide bonds. The highest BCUT2D eigenvalue weighted by Gasteiger charge is 2.30. The average molecular weight is 385 g/mol. The number of benzene rings is 1. The molecule has 0 spiro atoms. The SMILES string of the molecule is C[C@H](OC(=O)C1=NN(c2ccccc2)C(=O)CC1)C(=O)N[C@@H]1CCCC[C@H]1C. The molecule has 0 aromatic heterocycles. The fourth-order valence-corrected chi connectivity index (χ4v) is 3.58. The molecule has 0 radical (unpaired) electrons. The molecule has 1 aliphatic heterocycles. The molecule has 0 saturated heterocycles. The van der Waals surface area contributed by atoms with E-state index < -0.39 is 12.1 Å². The highest BCUT2D eigenvalue weighted by molar-refractivity contribution is 6.38. The number of ether oxygens (including phenoxy) is 1. The molecular formula is C21H27N3O4. The number of nitrogens with zero attached hydrogens (tertiary/aromatic N) is 2. The molecule has 3 rings (SSSR count). The highest BCUT2D eigenvalue weighted by Crippen LogP contribution is 2.24. The van der Waals surface area contributed by atoms with Gasteiger partial charge in [-0.3, -0.25) is 9.59 Å². The van der Waals surface area contributed by atoms with E-state index in [0.717, 1.165) is 19.3 Å². The summed E-state index contributed by atoms with van der Waals surface area (Å²) in [6.45, 7) is 3.69. The second-order valence-electron chi connectivity index (χ2n) is 7.51. The van der Waals surface area contributed by atoms with Crippen LogP contribution in [0.4, 0.5) is 5.69 Å². The lowest BCUT2D eigenvalue weighted by molar-refractivity contribution is -0.149. The summed E-state index contributed by atoms with van der Waals surface area (Å²) < 4.78 is 5.33. The van der Waals surface area contributed by atoms with E-state index in [1.54, 1.807) is 31.2 Å². The van der Waals surface area contributed by atoms with E-state index in [0.29, 0.717) is 11.6 Å². The van der Waals surface area contributed by atoms with Crippen LogP contribution in [0.5, 0.6) is 0 Å². The minimum atomic E-state index is -0.910. The third-order valence-corrected chi connectivity index (χ3v) is 5.36. The van der Waals surface area contributed by atoms with E-state index in [1.807, 2.05) is 6.07 Å². The molecule has 0 bridgehead atoms. The Bertz CT molecular complexity index is 762. The topological polar surface area (TPSA) is 88.1 Å². The van der Waals surface area contributed by atoms with Gasteiger partial charge in [-0.25, -0.2) is 9.80 Å². The Morgan fingerprint density at radius 1 is 1.18 bits per heavy atom. The summed E-state index contributed by atoms with van der Waals surface area (Å²) in [5.41, 5.74) is 0.740. The standard InChI is InChI=1S/C21H27N3O4/c1-14-8-6-7-11-17(14)22-20(26)15(2)28-21(27)18-12-13-19(25)24(23-18)16-9-4-3-5-10-16/h3-5,9-10,14-15,17H,6-8,11-13H2,1-2H3,(H,22,26)/t14-,15+,17-/m1/s1. The molecule has 150 valence electrons. The van der Waals surface area contributed by atoms with Crippen LogP contribution >= 0.6 is 0 Å². The fraction of sp³-hybridized carbons (Fsp3) is 0.524. The molecule has 1 aromatic rings. The average Bonchev–Trinajstić information content (AvgIpc) is 2.70. The van der Waals surface area contributed by atoms with Crippen LogP contribution < -0.4 is 10.3 Å². The van der Waals surface area contributed by atoms with Gasteiger partial charge in [0.1, 0.15) is 5.71 Å². The van der Waals surface area contributed by atoms with E-state index in [2.05, 4.69) is 17.3 Å². The molecular weight excluding hydrogens is 358 g/mol. The zero-order valence-electron chi connectivity index (χ0n) is 16.4. The molecule has 1 aromatic carbocycles. The van der Waals surface area contributed by atoms with E-state index in [1.165, 1.54) is 11.4 Å². The van der Waals surface area contributed by atoms with Gasteiger partial charge in [0.05, 0.1) is 5.69 Å². The van der Waals surface area contributed by atoms with Crippen molar-refractivity contribution >= 4 is 29.2 Å². The molecule has 1 aliphatic carbocycles. The number of hydrazone groups is 1. The number of carbonyl (C=O) groups is 3. The third kappa shape index (κ3) is 4.77. The zero-order chi connectivity index (χ0) is 20.1. The first-order valence-electron chi connectivity index (χ1n) is 9.92. The van der Waals surface area contributed by atoms with Gasteiger partial charge in [0.2, 0.25) is 5.91 Å². The summed E-state index contributed by atoms with van der Waals surface area (Å²) in [5, 5.41) is 8.38. The fourth-order valence-electron chi connectivity index (χ4n) is 3.58. The van der Waals surface area contributed by atoms with Crippen molar-refractivity contribution in [3.05, 3.63) is 30.3 Å². The number of carbonyl (C=O) groups excluding carboxylic acids is 3. The number of hydrogen-bond acceptors (Lipinski definition) is 5. The number of hydrogen-bond donors (Lipinski definition) is 1. The van der Waals surface area contributed by atoms with Crippen LogP contribution in [0, 0.1) is 5.92 Å². The van der Waals surface area contributed by atoms with Gasteiger partial charge in [-0.05, 0) is 37.8 Å². The maximum Gasteiger partial charge on any atom is 0.355 e. The molecule has 28 heavy (non-hydrogen) atoms. The number of esters is 1. The molecule has 1 fully saturated rings. The van der Waals surface area contributed by atoms with Crippen LogP contribution in [0.2, 0.25) is 0 Å². The number of nitrogens with one attached hydrogen (secondary N) is 1. The summed E-state index contributed by atoms with van der Waals surface area (Å²) in [6.07, 6.45) is 3.80. The lowest BCUT2D eigenvalue weighted by Gasteiger charge is -2.30. The van der Waals surface area contributed by atoms with E-state index >= 15 is 0 Å². The second kappa shape index (κ2) is 8.99. The monoisotopic (exact) mass is 385 g/mol. The summed E-state index contributed by atoms with van der Waals surface area (Å²) >= 11 is 0. The summed E-state index contributed by atoms with van der Waals surface area (Å²) in [6, 6.07) is 9.05. The first-order chi connectivity index (χ1) is 13.5. The summed E-state index contributed by atoms with van der Waals surface area (Å²) in [4.78, 5) is 37.1. The second-order valence-corrected chi connectivity index (χ2v) is 7.51. The van der Waals surface area contributed by atoms with Gasteiger partial charge in [-0.15, -0.1) is 0 Å². The van der Waals surface area contributed by atoms with Crippen molar-refractivity contribution in [2.24, 2.45) is 11.0 Å². The quantitative estimate of drug-likeness (QED) is 0.790. The van der Waals surface area contributed by atoms with Crippen molar-refractivity contribution in [3.63, 3.8) is 0 Å². The Kier molecular flexibility index (Phi) is 6.44. The molecule has 1 N–H and O–H groups in total. The number of amides is 2. The number of rotatable bonds is 5. The van der Waals surface area contributed by atoms with Crippen molar-refractivity contribution < 1.29 is 19.1 Å². The van der Waals surface area contributed by atoms with Gasteiger partial charge in [-0.1, -0.05) is 38.0 Å². The van der Waals surface area contributed by atoms with Crippen molar-refractivity contribution in [2.75, 3.05) is 5.01 Å². The van der Waals surface area contributed by atoms with Crippen molar-refractivity contribution in [1.29, 1.82) is 0 Å².